The van der Waals surface area contributed by atoms with Gasteiger partial charge in [0.2, 0.25) is 11.3 Å². The predicted octanol–water partition coefficient (Wildman–Crippen LogP) is 2.59. The van der Waals surface area contributed by atoms with E-state index in [0.717, 1.165) is 23.6 Å². The van der Waals surface area contributed by atoms with E-state index in [-0.39, 0.29) is 38.9 Å². The van der Waals surface area contributed by atoms with E-state index in [9.17, 15) is 29.6 Å². The second-order valence-corrected chi connectivity index (χ2v) is 10.6. The zero-order valence-electron chi connectivity index (χ0n) is 18.8. The number of benzene rings is 1. The summed E-state index contributed by atoms with van der Waals surface area (Å²) in [4.78, 5) is 54.4. The third kappa shape index (κ3) is 4.18. The van der Waals surface area contributed by atoms with Gasteiger partial charge in [0, 0.05) is 31.6 Å². The number of hydrogen-bond donors (Lipinski definition) is 2. The van der Waals surface area contributed by atoms with E-state index in [0.29, 0.717) is 42.4 Å². The third-order valence-corrected chi connectivity index (χ3v) is 8.13. The Kier molecular flexibility index (Phi) is 6.13. The van der Waals surface area contributed by atoms with Crippen LogP contribution in [-0.2, 0) is 4.79 Å². The number of rotatable bonds is 6. The number of carboxylic acids is 1. The Morgan fingerprint density at radius 3 is 2.64 bits per heavy atom. The summed E-state index contributed by atoms with van der Waals surface area (Å²) in [6.07, 6.45) is 1.08. The lowest BCUT2D eigenvalue weighted by Gasteiger charge is -2.37. The van der Waals surface area contributed by atoms with E-state index in [4.69, 9.17) is 0 Å². The Bertz CT molecular complexity index is 1480. The highest BCUT2D eigenvalue weighted by molar-refractivity contribution is 8.00. The fourth-order valence-electron chi connectivity index (χ4n) is 4.38. The van der Waals surface area contributed by atoms with Gasteiger partial charge in [-0.3, -0.25) is 24.6 Å². The minimum absolute atomic E-state index is 0.0299. The molecule has 1 amide bonds. The van der Waals surface area contributed by atoms with Crippen LogP contribution in [0.25, 0.3) is 10.9 Å². The summed E-state index contributed by atoms with van der Waals surface area (Å²) in [6.45, 7) is 3.71. The van der Waals surface area contributed by atoms with Crippen LogP contribution in [0.1, 0.15) is 22.7 Å². The second kappa shape index (κ2) is 9.15. The molecule has 2 aliphatic rings. The number of nitro groups is 1. The first-order chi connectivity index (χ1) is 17.1. The summed E-state index contributed by atoms with van der Waals surface area (Å²) in [5.41, 5.74) is -0.239. The van der Waals surface area contributed by atoms with Crippen LogP contribution in [0.2, 0.25) is 0 Å². The molecule has 1 unspecified atom stereocenters. The Morgan fingerprint density at radius 1 is 1.31 bits per heavy atom. The van der Waals surface area contributed by atoms with E-state index in [1.54, 1.807) is 10.6 Å². The van der Waals surface area contributed by atoms with Crippen molar-refractivity contribution in [2.24, 2.45) is 0 Å². The first-order valence-electron chi connectivity index (χ1n) is 10.8. The van der Waals surface area contributed by atoms with Crippen LogP contribution in [0.4, 0.5) is 20.2 Å². The Hall–Kier alpha value is -3.56. The van der Waals surface area contributed by atoms with Crippen LogP contribution in [0, 0.1) is 15.9 Å². The van der Waals surface area contributed by atoms with Crippen molar-refractivity contribution in [3.8, 4) is 0 Å². The number of aromatic carboxylic acids is 1. The van der Waals surface area contributed by atoms with Gasteiger partial charge in [-0.25, -0.2) is 14.2 Å². The Balaban J connectivity index is 1.30. The fraction of sp³-hybridized carbons (Fsp3) is 0.333. The monoisotopic (exact) mass is 534 g/mol. The van der Waals surface area contributed by atoms with Gasteiger partial charge in [-0.1, -0.05) is 11.8 Å². The number of aromatic nitrogens is 2. The van der Waals surface area contributed by atoms with Crippen molar-refractivity contribution < 1.29 is 24.0 Å². The van der Waals surface area contributed by atoms with E-state index < -0.39 is 22.1 Å². The van der Waals surface area contributed by atoms with Gasteiger partial charge in [0.25, 0.3) is 0 Å². The SMILES string of the molecule is CC1Sc2c(C(=O)O)c(=O)c3cc(F)c(N4CCN(CC(=O)Nc5ncc([N+](=O)[O-])s5)CC4)cc3n21. The number of thiazole rings is 1. The normalized spacial score (nSPS) is 17.5. The van der Waals surface area contributed by atoms with Gasteiger partial charge in [0.15, 0.2) is 5.13 Å². The number of amides is 1. The quantitative estimate of drug-likeness (QED) is 0.357. The number of fused-ring (bicyclic) bond motifs is 3. The van der Waals surface area contributed by atoms with Crippen molar-refractivity contribution >= 4 is 61.7 Å². The molecule has 0 bridgehead atoms. The van der Waals surface area contributed by atoms with E-state index in [1.165, 1.54) is 11.8 Å². The summed E-state index contributed by atoms with van der Waals surface area (Å²) >= 11 is 2.06. The lowest BCUT2D eigenvalue weighted by atomic mass is 10.1. The van der Waals surface area contributed by atoms with Crippen molar-refractivity contribution in [1.29, 1.82) is 0 Å². The smallest absolute Gasteiger partial charge is 0.345 e. The molecular weight excluding hydrogens is 515 g/mol. The highest BCUT2D eigenvalue weighted by Gasteiger charge is 2.33. The molecule has 1 aromatic carbocycles. The number of carbonyl (C=O) groups is 2. The molecule has 188 valence electrons. The van der Waals surface area contributed by atoms with Crippen molar-refractivity contribution in [3.63, 3.8) is 0 Å². The van der Waals surface area contributed by atoms with Crippen LogP contribution >= 0.6 is 23.1 Å². The van der Waals surface area contributed by atoms with Gasteiger partial charge in [-0.2, -0.15) is 0 Å². The summed E-state index contributed by atoms with van der Waals surface area (Å²) in [6, 6.07) is 2.70. The predicted molar refractivity (Wildman–Crippen MR) is 132 cm³/mol. The Morgan fingerprint density at radius 2 is 2.03 bits per heavy atom. The number of thioether (sulfide) groups is 1. The van der Waals surface area contributed by atoms with Crippen LogP contribution in [0.5, 0.6) is 0 Å². The van der Waals surface area contributed by atoms with Crippen LogP contribution in [0.15, 0.2) is 28.2 Å². The third-order valence-electron chi connectivity index (χ3n) is 6.09. The van der Waals surface area contributed by atoms with Crippen LogP contribution in [-0.4, -0.2) is 69.1 Å². The zero-order chi connectivity index (χ0) is 25.7. The fourth-order valence-corrected chi connectivity index (χ4v) is 6.19. The number of anilines is 2. The van der Waals surface area contributed by atoms with E-state index >= 15 is 4.39 Å². The van der Waals surface area contributed by atoms with Gasteiger partial charge in [-0.05, 0) is 30.4 Å². The number of nitrogens with one attached hydrogen (secondary N) is 1. The van der Waals surface area contributed by atoms with Crippen molar-refractivity contribution in [2.75, 3.05) is 42.9 Å². The molecule has 2 N–H and O–H groups in total. The van der Waals surface area contributed by atoms with Crippen LogP contribution < -0.4 is 15.6 Å². The number of pyridine rings is 1. The maximum Gasteiger partial charge on any atom is 0.345 e. The molecule has 12 nitrogen and oxygen atoms in total. The van der Waals surface area contributed by atoms with Crippen LogP contribution in [0.3, 0.4) is 0 Å². The van der Waals surface area contributed by atoms with Crippen molar-refractivity contribution in [3.05, 3.63) is 50.0 Å². The first-order valence-corrected chi connectivity index (χ1v) is 12.5. The second-order valence-electron chi connectivity index (χ2n) is 8.29. The molecular formula is C21H19FN6O6S2. The largest absolute Gasteiger partial charge is 0.477 e. The van der Waals surface area contributed by atoms with Gasteiger partial charge < -0.3 is 19.9 Å². The van der Waals surface area contributed by atoms with Gasteiger partial charge in [0.1, 0.15) is 17.6 Å². The number of halogens is 1. The lowest BCUT2D eigenvalue weighted by molar-refractivity contribution is -0.380. The molecule has 0 saturated carbocycles. The lowest BCUT2D eigenvalue weighted by Crippen LogP contribution is -2.49. The number of piperazine rings is 1. The Labute approximate surface area is 210 Å². The highest BCUT2D eigenvalue weighted by Crippen LogP contribution is 2.46. The molecule has 1 saturated heterocycles. The number of hydrogen-bond acceptors (Lipinski definition) is 10. The molecule has 2 aliphatic heterocycles. The van der Waals surface area contributed by atoms with Crippen molar-refractivity contribution in [2.45, 2.75) is 17.3 Å². The van der Waals surface area contributed by atoms with Gasteiger partial charge >= 0.3 is 11.0 Å². The molecule has 2 aromatic heterocycles. The molecule has 15 heteroatoms. The molecule has 0 spiro atoms. The average molecular weight is 535 g/mol. The summed E-state index contributed by atoms with van der Waals surface area (Å²) in [5, 5.41) is 23.1. The van der Waals surface area contributed by atoms with E-state index in [1.807, 2.05) is 16.7 Å². The molecule has 5 rings (SSSR count). The minimum atomic E-state index is -1.33. The minimum Gasteiger partial charge on any atom is -0.477 e. The number of carbonyl (C=O) groups excluding carboxylic acids is 1. The molecule has 1 atom stereocenters. The van der Waals surface area contributed by atoms with Gasteiger partial charge in [-0.15, -0.1) is 0 Å². The molecule has 4 heterocycles. The van der Waals surface area contributed by atoms with E-state index in [2.05, 4.69) is 10.3 Å². The molecule has 1 fully saturated rings. The molecule has 36 heavy (non-hydrogen) atoms. The highest BCUT2D eigenvalue weighted by atomic mass is 32.2. The number of nitrogens with zero attached hydrogens (tertiary/aromatic N) is 5. The first kappa shape index (κ1) is 24.1. The topological polar surface area (TPSA) is 151 Å². The molecule has 3 aromatic rings. The maximum atomic E-state index is 15.1. The zero-order valence-corrected chi connectivity index (χ0v) is 20.4. The number of carboxylic acid groups (broad SMARTS) is 1. The summed E-state index contributed by atoms with van der Waals surface area (Å²) < 4.78 is 16.8. The van der Waals surface area contributed by atoms with Crippen molar-refractivity contribution in [1.82, 2.24) is 14.5 Å². The maximum absolute atomic E-state index is 15.1. The molecule has 0 radical (unpaired) electrons. The molecule has 0 aliphatic carbocycles. The summed E-state index contributed by atoms with van der Waals surface area (Å²) in [5.74, 6) is -2.31. The summed E-state index contributed by atoms with van der Waals surface area (Å²) in [7, 11) is 0. The average Bonchev–Trinajstić information content (AvgIpc) is 3.28. The standard InChI is InChI=1S/C21H19FN6O6S2/c1-10-27-13-7-14(12(22)6-11(13)18(30)17(20(31)32)19(27)35-10)26-4-2-25(3-5-26)9-15(29)24-21-23-8-16(36-21)28(33)34/h6-8,10H,2-5,9H2,1H3,(H,31,32)(H,23,24,29). The van der Waals surface area contributed by atoms with Gasteiger partial charge in [0.05, 0.1) is 33.1 Å².